The Labute approximate surface area is 178 Å². The average Bonchev–Trinajstić information content (AvgIpc) is 3.09. The largest absolute Gasteiger partial charge is 0.496 e. The Kier molecular flexibility index (Phi) is 6.26. The van der Waals surface area contributed by atoms with E-state index in [1.807, 2.05) is 23.6 Å². The lowest BCUT2D eigenvalue weighted by Crippen LogP contribution is -2.13. The summed E-state index contributed by atoms with van der Waals surface area (Å²) in [5.41, 5.74) is 1.86. The van der Waals surface area contributed by atoms with Crippen molar-refractivity contribution in [2.75, 3.05) is 19.5 Å². The number of benzene rings is 2. The maximum Gasteiger partial charge on any atom is 0.261 e. The van der Waals surface area contributed by atoms with Crippen LogP contribution < -0.4 is 14.8 Å². The molecule has 27 heavy (non-hydrogen) atoms. The lowest BCUT2D eigenvalue weighted by molar-refractivity contribution is 0.102. The fourth-order valence-corrected chi connectivity index (χ4v) is 4.22. The van der Waals surface area contributed by atoms with Gasteiger partial charge in [0.15, 0.2) is 5.13 Å². The molecule has 0 aliphatic carbocycles. The van der Waals surface area contributed by atoms with Crippen LogP contribution in [0.2, 0.25) is 10.0 Å². The molecule has 9 heteroatoms. The zero-order chi connectivity index (χ0) is 19.6. The van der Waals surface area contributed by atoms with Crippen LogP contribution in [0, 0.1) is 0 Å². The number of nitrogens with zero attached hydrogens (tertiary/aromatic N) is 1. The molecule has 3 rings (SSSR count). The van der Waals surface area contributed by atoms with Crippen LogP contribution in [-0.2, 0) is 0 Å². The summed E-state index contributed by atoms with van der Waals surface area (Å²) in [6.45, 7) is 0. The zero-order valence-corrected chi connectivity index (χ0v) is 18.1. The number of carbonyl (C=O) groups is 1. The number of hydrogen-bond donors (Lipinski definition) is 1. The van der Waals surface area contributed by atoms with Gasteiger partial charge in [0, 0.05) is 16.0 Å². The number of ether oxygens (including phenoxy) is 2. The van der Waals surface area contributed by atoms with Crippen LogP contribution in [0.25, 0.3) is 11.3 Å². The number of nitrogens with one attached hydrogen (secondary N) is 1. The van der Waals surface area contributed by atoms with Crippen molar-refractivity contribution < 1.29 is 14.3 Å². The van der Waals surface area contributed by atoms with Crippen molar-refractivity contribution in [2.24, 2.45) is 0 Å². The topological polar surface area (TPSA) is 60.5 Å². The molecule has 0 saturated carbocycles. The van der Waals surface area contributed by atoms with Gasteiger partial charge in [-0.05, 0) is 46.3 Å². The van der Waals surface area contributed by atoms with Crippen LogP contribution in [-0.4, -0.2) is 25.1 Å². The summed E-state index contributed by atoms with van der Waals surface area (Å²) in [5.74, 6) is 0.579. The highest BCUT2D eigenvalue weighted by molar-refractivity contribution is 9.10. The van der Waals surface area contributed by atoms with Crippen molar-refractivity contribution in [1.29, 1.82) is 0 Å². The first-order valence-electron chi connectivity index (χ1n) is 7.56. The van der Waals surface area contributed by atoms with Gasteiger partial charge in [0.05, 0.1) is 35.0 Å². The number of aromatic nitrogens is 1. The van der Waals surface area contributed by atoms with Crippen LogP contribution in [0.15, 0.2) is 40.2 Å². The highest BCUT2D eigenvalue weighted by Gasteiger charge is 2.18. The van der Waals surface area contributed by atoms with E-state index >= 15 is 0 Å². The molecule has 2 aromatic carbocycles. The molecule has 0 bridgehead atoms. The average molecular weight is 488 g/mol. The number of amides is 1. The van der Waals surface area contributed by atoms with Gasteiger partial charge < -0.3 is 9.47 Å². The van der Waals surface area contributed by atoms with Crippen molar-refractivity contribution in [2.45, 2.75) is 0 Å². The van der Waals surface area contributed by atoms with Crippen molar-refractivity contribution in [1.82, 2.24) is 4.98 Å². The molecule has 1 amide bonds. The smallest absolute Gasteiger partial charge is 0.261 e. The fraction of sp³-hybridized carbons (Fsp3) is 0.111. The van der Waals surface area contributed by atoms with Gasteiger partial charge in [-0.1, -0.05) is 23.2 Å². The normalized spacial score (nSPS) is 10.6. The van der Waals surface area contributed by atoms with Crippen LogP contribution in [0.3, 0.4) is 0 Å². The molecule has 0 saturated heterocycles. The third-order valence-corrected chi connectivity index (χ3v) is 5.51. The molecule has 5 nitrogen and oxygen atoms in total. The predicted molar refractivity (Wildman–Crippen MR) is 113 cm³/mol. The van der Waals surface area contributed by atoms with Gasteiger partial charge in [-0.2, -0.15) is 0 Å². The van der Waals surface area contributed by atoms with Crippen LogP contribution in [0.1, 0.15) is 10.4 Å². The molecule has 0 spiro atoms. The summed E-state index contributed by atoms with van der Waals surface area (Å²) in [6.07, 6.45) is 0. The minimum Gasteiger partial charge on any atom is -0.496 e. The third kappa shape index (κ3) is 4.38. The number of carbonyl (C=O) groups excluding carboxylic acids is 1. The van der Waals surface area contributed by atoms with E-state index in [1.165, 1.54) is 30.6 Å². The maximum absolute atomic E-state index is 12.6. The first-order chi connectivity index (χ1) is 12.9. The minimum absolute atomic E-state index is 0.235. The number of halogens is 3. The van der Waals surface area contributed by atoms with Crippen LogP contribution >= 0.6 is 50.5 Å². The van der Waals surface area contributed by atoms with Gasteiger partial charge >= 0.3 is 0 Å². The molecule has 0 unspecified atom stereocenters. The predicted octanol–water partition coefficient (Wildman–Crippen LogP) is 6.15. The Morgan fingerprint density at radius 2 is 1.96 bits per heavy atom. The highest BCUT2D eigenvalue weighted by atomic mass is 79.9. The second kappa shape index (κ2) is 8.48. The van der Waals surface area contributed by atoms with Crippen molar-refractivity contribution in [3.63, 3.8) is 0 Å². The quantitative estimate of drug-likeness (QED) is 0.468. The van der Waals surface area contributed by atoms with Crippen LogP contribution in [0.5, 0.6) is 11.5 Å². The van der Waals surface area contributed by atoms with E-state index in [0.717, 1.165) is 21.5 Å². The first-order valence-corrected chi connectivity index (χ1v) is 9.99. The summed E-state index contributed by atoms with van der Waals surface area (Å²) in [6, 6.07) is 8.65. The number of anilines is 1. The second-order valence-corrected chi connectivity index (χ2v) is 7.87. The summed E-state index contributed by atoms with van der Waals surface area (Å²) in [7, 11) is 3.04. The van der Waals surface area contributed by atoms with Crippen LogP contribution in [0.4, 0.5) is 5.13 Å². The van der Waals surface area contributed by atoms with Crippen molar-refractivity contribution in [3.05, 3.63) is 55.8 Å². The fourth-order valence-electron chi connectivity index (χ4n) is 2.39. The SMILES string of the molecule is COc1ccc(-c2csc(NC(=O)c3cc(Cl)cc(Cl)c3OC)n2)cc1Br. The van der Waals surface area contributed by atoms with Crippen molar-refractivity contribution in [3.8, 4) is 22.8 Å². The maximum atomic E-state index is 12.6. The Hall–Kier alpha value is -1.80. The lowest BCUT2D eigenvalue weighted by Gasteiger charge is -2.10. The molecule has 1 heterocycles. The summed E-state index contributed by atoms with van der Waals surface area (Å²) >= 11 is 16.9. The molecule has 1 N–H and O–H groups in total. The number of rotatable bonds is 5. The molecule has 3 aromatic rings. The molecule has 0 atom stereocenters. The highest BCUT2D eigenvalue weighted by Crippen LogP contribution is 2.34. The van der Waals surface area contributed by atoms with E-state index in [4.69, 9.17) is 32.7 Å². The molecule has 0 aliphatic rings. The first kappa shape index (κ1) is 19.9. The Balaban J connectivity index is 1.84. The van der Waals surface area contributed by atoms with E-state index in [0.29, 0.717) is 10.2 Å². The molecule has 0 radical (unpaired) electrons. The standard InChI is InChI=1S/C18H13BrCl2N2O3S/c1-25-15-4-3-9(5-12(15)19)14-8-27-18(22-14)23-17(24)11-6-10(20)7-13(21)16(11)26-2/h3-8H,1-2H3,(H,22,23,24). The second-order valence-electron chi connectivity index (χ2n) is 5.31. The Bertz CT molecular complexity index is 1010. The van der Waals surface area contributed by atoms with Crippen molar-refractivity contribution >= 4 is 61.5 Å². The summed E-state index contributed by atoms with van der Waals surface area (Å²) in [5, 5.41) is 5.65. The van der Waals surface area contributed by atoms with Gasteiger partial charge in [-0.25, -0.2) is 4.98 Å². The third-order valence-electron chi connectivity index (χ3n) is 3.63. The molecule has 0 aliphatic heterocycles. The molecular weight excluding hydrogens is 475 g/mol. The van der Waals surface area contributed by atoms with E-state index in [2.05, 4.69) is 26.2 Å². The summed E-state index contributed by atoms with van der Waals surface area (Å²) < 4.78 is 11.3. The zero-order valence-electron chi connectivity index (χ0n) is 14.2. The van der Waals surface area contributed by atoms with Gasteiger partial charge in [0.2, 0.25) is 0 Å². The minimum atomic E-state index is -0.409. The van der Waals surface area contributed by atoms with Gasteiger partial charge in [-0.15, -0.1) is 11.3 Å². The summed E-state index contributed by atoms with van der Waals surface area (Å²) in [4.78, 5) is 17.1. The van der Waals surface area contributed by atoms with Gasteiger partial charge in [0.25, 0.3) is 5.91 Å². The Morgan fingerprint density at radius 1 is 1.19 bits per heavy atom. The Morgan fingerprint density at radius 3 is 2.63 bits per heavy atom. The van der Waals surface area contributed by atoms with Gasteiger partial charge in [0.1, 0.15) is 11.5 Å². The number of thiazole rings is 1. The monoisotopic (exact) mass is 486 g/mol. The van der Waals surface area contributed by atoms with E-state index in [1.54, 1.807) is 7.11 Å². The number of methoxy groups -OCH3 is 2. The van der Waals surface area contributed by atoms with E-state index < -0.39 is 5.91 Å². The molecule has 1 aromatic heterocycles. The number of hydrogen-bond acceptors (Lipinski definition) is 5. The lowest BCUT2D eigenvalue weighted by atomic mass is 10.2. The molecule has 140 valence electrons. The van der Waals surface area contributed by atoms with Gasteiger partial charge in [-0.3, -0.25) is 10.1 Å². The molecular formula is C18H13BrCl2N2O3S. The van der Waals surface area contributed by atoms with E-state index in [9.17, 15) is 4.79 Å². The van der Waals surface area contributed by atoms with E-state index in [-0.39, 0.29) is 16.3 Å². The molecule has 0 fully saturated rings.